The maximum Gasteiger partial charge on any atom is 0.273 e. The van der Waals surface area contributed by atoms with Crippen LogP contribution in [0.2, 0.25) is 0 Å². The van der Waals surface area contributed by atoms with Gasteiger partial charge in [-0.25, -0.2) is 4.68 Å². The highest BCUT2D eigenvalue weighted by molar-refractivity contribution is 5.91. The van der Waals surface area contributed by atoms with Gasteiger partial charge in [0, 0.05) is 17.8 Å². The highest BCUT2D eigenvalue weighted by Crippen LogP contribution is 2.18. The van der Waals surface area contributed by atoms with E-state index in [0.717, 1.165) is 30.5 Å². The van der Waals surface area contributed by atoms with Crippen molar-refractivity contribution < 1.29 is 4.79 Å². The van der Waals surface area contributed by atoms with Crippen molar-refractivity contribution >= 4 is 5.91 Å². The van der Waals surface area contributed by atoms with Crippen LogP contribution in [0.25, 0.3) is 0 Å². The number of carbonyl (C=O) groups excluding carboxylic acids is 1. The van der Waals surface area contributed by atoms with Crippen molar-refractivity contribution in [3.05, 3.63) is 81.0 Å². The molecule has 1 aliphatic rings. The van der Waals surface area contributed by atoms with Gasteiger partial charge in [0.05, 0.1) is 12.7 Å². The molecule has 7 heteroatoms. The molecule has 132 valence electrons. The summed E-state index contributed by atoms with van der Waals surface area (Å²) in [6.45, 7) is 0.721. The Bertz CT molecular complexity index is 991. The minimum Gasteiger partial charge on any atom is -0.346 e. The van der Waals surface area contributed by atoms with Gasteiger partial charge in [0.2, 0.25) is 0 Å². The number of pyridine rings is 1. The second kappa shape index (κ2) is 6.95. The molecule has 3 aromatic rings. The molecule has 4 rings (SSSR count). The number of H-pyrrole nitrogens is 1. The van der Waals surface area contributed by atoms with E-state index in [2.05, 4.69) is 20.6 Å². The average molecular weight is 349 g/mol. The number of nitrogens with zero attached hydrogens (tertiary/aromatic N) is 3. The number of hydrogen-bond donors (Lipinski definition) is 2. The van der Waals surface area contributed by atoms with Gasteiger partial charge in [0.15, 0.2) is 5.69 Å². The molecular weight excluding hydrogens is 330 g/mol. The van der Waals surface area contributed by atoms with Crippen LogP contribution in [0.1, 0.15) is 39.3 Å². The standard InChI is InChI=1S/C19H19N5O2/c25-18-15(9-14-7-4-8-16(14)21-18)10-20-19(26)17-12-24(23-22-17)11-13-5-2-1-3-6-13/h1-3,5-6,9,12H,4,7-8,10-11H2,(H,20,26)(H,21,25). The van der Waals surface area contributed by atoms with Gasteiger partial charge in [0.1, 0.15) is 0 Å². The number of amides is 1. The molecule has 1 aliphatic carbocycles. The van der Waals surface area contributed by atoms with Gasteiger partial charge < -0.3 is 10.3 Å². The third-order valence-corrected chi connectivity index (χ3v) is 4.56. The van der Waals surface area contributed by atoms with Crippen LogP contribution in [0, 0.1) is 0 Å². The smallest absolute Gasteiger partial charge is 0.273 e. The first kappa shape index (κ1) is 16.3. The zero-order chi connectivity index (χ0) is 17.9. The number of aromatic nitrogens is 4. The fourth-order valence-corrected chi connectivity index (χ4v) is 3.21. The van der Waals surface area contributed by atoms with Crippen LogP contribution in [0.5, 0.6) is 0 Å². The van der Waals surface area contributed by atoms with Gasteiger partial charge in [-0.15, -0.1) is 5.10 Å². The molecule has 0 fully saturated rings. The lowest BCUT2D eigenvalue weighted by Gasteiger charge is -2.05. The van der Waals surface area contributed by atoms with Crippen LogP contribution in [-0.2, 0) is 25.9 Å². The normalized spacial score (nSPS) is 12.8. The Hall–Kier alpha value is -3.22. The van der Waals surface area contributed by atoms with Crippen molar-refractivity contribution in [2.75, 3.05) is 0 Å². The van der Waals surface area contributed by atoms with Crippen molar-refractivity contribution in [1.29, 1.82) is 0 Å². The number of fused-ring (bicyclic) bond motifs is 1. The van der Waals surface area contributed by atoms with Crippen LogP contribution in [0.3, 0.4) is 0 Å². The molecule has 2 heterocycles. The van der Waals surface area contributed by atoms with Crippen LogP contribution in [0.15, 0.2) is 47.4 Å². The summed E-state index contributed by atoms with van der Waals surface area (Å²) in [5, 5.41) is 10.7. The molecule has 0 unspecified atom stereocenters. The average Bonchev–Trinajstić information content (AvgIpc) is 3.29. The molecule has 2 aromatic heterocycles. The minimum absolute atomic E-state index is 0.140. The Kier molecular flexibility index (Phi) is 4.35. The number of rotatable bonds is 5. The predicted octanol–water partition coefficient (Wildman–Crippen LogP) is 1.43. The second-order valence-electron chi connectivity index (χ2n) is 6.45. The molecule has 1 aromatic carbocycles. The summed E-state index contributed by atoms with van der Waals surface area (Å²) < 4.78 is 1.62. The Morgan fingerprint density at radius 3 is 2.92 bits per heavy atom. The van der Waals surface area contributed by atoms with E-state index in [4.69, 9.17) is 0 Å². The number of benzene rings is 1. The summed E-state index contributed by atoms with van der Waals surface area (Å²) >= 11 is 0. The zero-order valence-corrected chi connectivity index (χ0v) is 14.2. The van der Waals surface area contributed by atoms with Crippen molar-refractivity contribution in [1.82, 2.24) is 25.3 Å². The van der Waals surface area contributed by atoms with Crippen LogP contribution in [0.4, 0.5) is 0 Å². The Labute approximate surface area is 150 Å². The second-order valence-corrected chi connectivity index (χ2v) is 6.45. The van der Waals surface area contributed by atoms with E-state index in [0.29, 0.717) is 12.1 Å². The van der Waals surface area contributed by atoms with E-state index in [1.807, 2.05) is 36.4 Å². The Morgan fingerprint density at radius 2 is 2.08 bits per heavy atom. The fourth-order valence-electron chi connectivity index (χ4n) is 3.21. The molecule has 0 radical (unpaired) electrons. The summed E-state index contributed by atoms with van der Waals surface area (Å²) in [5.74, 6) is -0.343. The van der Waals surface area contributed by atoms with Gasteiger partial charge >= 0.3 is 0 Å². The van der Waals surface area contributed by atoms with Crippen molar-refractivity contribution in [2.24, 2.45) is 0 Å². The molecule has 7 nitrogen and oxygen atoms in total. The third-order valence-electron chi connectivity index (χ3n) is 4.56. The minimum atomic E-state index is -0.343. The lowest BCUT2D eigenvalue weighted by atomic mass is 10.1. The first-order valence-corrected chi connectivity index (χ1v) is 8.65. The van der Waals surface area contributed by atoms with Crippen LogP contribution >= 0.6 is 0 Å². The van der Waals surface area contributed by atoms with Gasteiger partial charge in [-0.1, -0.05) is 35.5 Å². The summed E-state index contributed by atoms with van der Waals surface area (Å²) in [6.07, 6.45) is 4.56. The van der Waals surface area contributed by atoms with Crippen LogP contribution < -0.4 is 10.9 Å². The molecule has 0 saturated heterocycles. The monoisotopic (exact) mass is 349 g/mol. The molecular formula is C19H19N5O2. The van der Waals surface area contributed by atoms with E-state index in [1.54, 1.807) is 10.9 Å². The summed E-state index contributed by atoms with van der Waals surface area (Å²) in [4.78, 5) is 27.3. The van der Waals surface area contributed by atoms with E-state index in [-0.39, 0.29) is 23.7 Å². The van der Waals surface area contributed by atoms with Gasteiger partial charge in [-0.3, -0.25) is 9.59 Å². The van der Waals surface area contributed by atoms with Crippen molar-refractivity contribution in [3.63, 3.8) is 0 Å². The van der Waals surface area contributed by atoms with Gasteiger partial charge in [-0.05, 0) is 36.5 Å². The highest BCUT2D eigenvalue weighted by Gasteiger charge is 2.16. The third kappa shape index (κ3) is 3.42. The summed E-state index contributed by atoms with van der Waals surface area (Å²) in [6, 6.07) is 11.7. The van der Waals surface area contributed by atoms with Crippen LogP contribution in [-0.4, -0.2) is 25.9 Å². The number of carbonyl (C=O) groups is 1. The molecule has 0 saturated carbocycles. The summed E-state index contributed by atoms with van der Waals surface area (Å²) in [5.41, 5.74) is 3.93. The first-order chi connectivity index (χ1) is 12.7. The van der Waals surface area contributed by atoms with Gasteiger partial charge in [-0.2, -0.15) is 0 Å². The fraction of sp³-hybridized carbons (Fsp3) is 0.263. The maximum atomic E-state index is 12.3. The molecule has 0 atom stereocenters. The first-order valence-electron chi connectivity index (χ1n) is 8.65. The van der Waals surface area contributed by atoms with Crippen molar-refractivity contribution in [2.45, 2.75) is 32.4 Å². The van der Waals surface area contributed by atoms with Crippen molar-refractivity contribution in [3.8, 4) is 0 Å². The molecule has 0 spiro atoms. The lowest BCUT2D eigenvalue weighted by Crippen LogP contribution is -2.27. The van der Waals surface area contributed by atoms with Gasteiger partial charge in [0.25, 0.3) is 11.5 Å². The number of aryl methyl sites for hydroxylation is 2. The van der Waals surface area contributed by atoms with E-state index in [9.17, 15) is 9.59 Å². The quantitative estimate of drug-likeness (QED) is 0.729. The zero-order valence-electron chi connectivity index (χ0n) is 14.2. The summed E-state index contributed by atoms with van der Waals surface area (Å²) in [7, 11) is 0. The van der Waals surface area contributed by atoms with E-state index < -0.39 is 0 Å². The maximum absolute atomic E-state index is 12.3. The number of nitrogens with one attached hydrogen (secondary N) is 2. The molecule has 26 heavy (non-hydrogen) atoms. The largest absolute Gasteiger partial charge is 0.346 e. The molecule has 1 amide bonds. The Morgan fingerprint density at radius 1 is 1.23 bits per heavy atom. The predicted molar refractivity (Wildman–Crippen MR) is 95.8 cm³/mol. The number of aromatic amines is 1. The lowest BCUT2D eigenvalue weighted by molar-refractivity contribution is 0.0945. The topological polar surface area (TPSA) is 92.7 Å². The highest BCUT2D eigenvalue weighted by atomic mass is 16.2. The molecule has 2 N–H and O–H groups in total. The SMILES string of the molecule is O=C(NCc1cc2c([nH]c1=O)CCC2)c1cn(Cc2ccccc2)nn1. The number of hydrogen-bond acceptors (Lipinski definition) is 4. The molecule has 0 aliphatic heterocycles. The Balaban J connectivity index is 1.41. The van der Waals surface area contributed by atoms with E-state index >= 15 is 0 Å². The van der Waals surface area contributed by atoms with E-state index in [1.165, 1.54) is 5.56 Å². The molecule has 0 bridgehead atoms.